The second kappa shape index (κ2) is 7.97. The first kappa shape index (κ1) is 18.0. The zero-order chi connectivity index (χ0) is 17.0. The Labute approximate surface area is 153 Å². The number of hydrogen-bond acceptors (Lipinski definition) is 2. The van der Waals surface area contributed by atoms with Crippen molar-refractivity contribution in [3.05, 3.63) is 56.5 Å². The summed E-state index contributed by atoms with van der Waals surface area (Å²) in [5.74, 6) is 0.472. The van der Waals surface area contributed by atoms with Crippen molar-refractivity contribution >= 4 is 43.5 Å². The molecule has 0 aliphatic rings. The van der Waals surface area contributed by atoms with Crippen LogP contribution in [0.2, 0.25) is 0 Å². The highest BCUT2D eigenvalue weighted by molar-refractivity contribution is 9.11. The van der Waals surface area contributed by atoms with E-state index < -0.39 is 6.10 Å². The topological polar surface area (TPSA) is 38.3 Å². The molecule has 0 unspecified atom stereocenters. The van der Waals surface area contributed by atoms with Crippen LogP contribution in [0.25, 0.3) is 0 Å². The fraction of sp³-hybridized carbons (Fsp3) is 0.278. The molecule has 0 aliphatic heterocycles. The third-order valence-corrected chi connectivity index (χ3v) is 4.67. The lowest BCUT2D eigenvalue weighted by Gasteiger charge is -2.18. The second-order valence-electron chi connectivity index (χ2n) is 5.29. The van der Waals surface area contributed by atoms with Gasteiger partial charge in [0.05, 0.1) is 4.47 Å². The van der Waals surface area contributed by atoms with E-state index in [1.54, 1.807) is 6.92 Å². The molecule has 0 radical (unpaired) electrons. The van der Waals surface area contributed by atoms with Crippen LogP contribution < -0.4 is 10.1 Å². The molecule has 0 saturated carbocycles. The summed E-state index contributed by atoms with van der Waals surface area (Å²) in [7, 11) is 0. The van der Waals surface area contributed by atoms with Crippen molar-refractivity contribution in [2.75, 3.05) is 5.32 Å². The number of nitrogens with one attached hydrogen (secondary N) is 1. The third kappa shape index (κ3) is 4.58. The van der Waals surface area contributed by atoms with Crippen LogP contribution in [0, 0.1) is 6.92 Å². The number of amides is 1. The predicted molar refractivity (Wildman–Crippen MR) is 101 cm³/mol. The maximum Gasteiger partial charge on any atom is 0.265 e. The van der Waals surface area contributed by atoms with Gasteiger partial charge in [-0.3, -0.25) is 4.79 Å². The molecule has 0 heterocycles. The minimum atomic E-state index is -0.600. The van der Waals surface area contributed by atoms with Crippen molar-refractivity contribution in [1.29, 1.82) is 0 Å². The van der Waals surface area contributed by atoms with Crippen molar-refractivity contribution in [1.82, 2.24) is 0 Å². The van der Waals surface area contributed by atoms with E-state index in [1.807, 2.05) is 43.3 Å². The van der Waals surface area contributed by atoms with Crippen LogP contribution in [0.15, 0.2) is 45.3 Å². The van der Waals surface area contributed by atoms with Crippen LogP contribution in [-0.4, -0.2) is 12.0 Å². The first-order valence-corrected chi connectivity index (χ1v) is 9.02. The molecule has 2 aromatic rings. The van der Waals surface area contributed by atoms with Crippen LogP contribution in [0.5, 0.6) is 5.75 Å². The zero-order valence-electron chi connectivity index (χ0n) is 13.3. The van der Waals surface area contributed by atoms with Crippen LogP contribution in [0.3, 0.4) is 0 Å². The van der Waals surface area contributed by atoms with Crippen molar-refractivity contribution in [2.45, 2.75) is 33.3 Å². The summed E-state index contributed by atoms with van der Waals surface area (Å²) in [4.78, 5) is 12.5. The zero-order valence-corrected chi connectivity index (χ0v) is 16.5. The molecule has 0 fully saturated rings. The molecule has 2 aromatic carbocycles. The first-order valence-electron chi connectivity index (χ1n) is 7.43. The third-order valence-electron chi connectivity index (χ3n) is 3.56. The molecule has 0 bridgehead atoms. The van der Waals surface area contributed by atoms with E-state index in [0.717, 1.165) is 32.2 Å². The molecule has 0 saturated heterocycles. The summed E-state index contributed by atoms with van der Waals surface area (Å²) >= 11 is 6.83. The monoisotopic (exact) mass is 439 g/mol. The number of aryl methyl sites for hydroxylation is 2. The summed E-state index contributed by atoms with van der Waals surface area (Å²) in [6.45, 7) is 5.81. The van der Waals surface area contributed by atoms with Crippen molar-refractivity contribution in [2.24, 2.45) is 0 Å². The molecule has 5 heteroatoms. The lowest BCUT2D eigenvalue weighted by molar-refractivity contribution is -0.122. The van der Waals surface area contributed by atoms with E-state index in [2.05, 4.69) is 44.1 Å². The Bertz CT molecular complexity index is 716. The van der Waals surface area contributed by atoms with Crippen molar-refractivity contribution in [3.63, 3.8) is 0 Å². The second-order valence-corrected chi connectivity index (χ2v) is 7.06. The van der Waals surface area contributed by atoms with Gasteiger partial charge in [-0.05, 0) is 65.5 Å². The molecule has 1 amide bonds. The number of anilines is 1. The van der Waals surface area contributed by atoms with Gasteiger partial charge in [0.25, 0.3) is 5.91 Å². The van der Waals surface area contributed by atoms with Gasteiger partial charge in [-0.15, -0.1) is 0 Å². The average molecular weight is 441 g/mol. The Hall–Kier alpha value is -1.33. The molecule has 3 nitrogen and oxygen atoms in total. The van der Waals surface area contributed by atoms with Crippen molar-refractivity contribution < 1.29 is 9.53 Å². The highest BCUT2D eigenvalue weighted by Gasteiger charge is 2.18. The summed E-state index contributed by atoms with van der Waals surface area (Å²) < 4.78 is 7.52. The summed E-state index contributed by atoms with van der Waals surface area (Å²) in [5, 5.41) is 2.99. The van der Waals surface area contributed by atoms with E-state index in [-0.39, 0.29) is 5.91 Å². The Kier molecular flexibility index (Phi) is 6.25. The van der Waals surface area contributed by atoms with E-state index in [4.69, 9.17) is 4.74 Å². The van der Waals surface area contributed by atoms with E-state index in [1.165, 1.54) is 0 Å². The number of para-hydroxylation sites is 1. The molecule has 1 atom stereocenters. The number of ether oxygens (including phenoxy) is 1. The Morgan fingerprint density at radius 2 is 2.00 bits per heavy atom. The number of carbonyl (C=O) groups excluding carboxylic acids is 1. The Morgan fingerprint density at radius 1 is 1.26 bits per heavy atom. The van der Waals surface area contributed by atoms with Gasteiger partial charge in [-0.25, -0.2) is 0 Å². The molecular formula is C18H19Br2NO2. The van der Waals surface area contributed by atoms with Gasteiger partial charge in [0.15, 0.2) is 6.10 Å². The SMILES string of the molecule is CCc1cccc(C)c1NC(=O)[C@@H](C)Oc1ccc(Br)cc1Br. The highest BCUT2D eigenvalue weighted by Crippen LogP contribution is 2.29. The van der Waals surface area contributed by atoms with Crippen LogP contribution in [-0.2, 0) is 11.2 Å². The number of benzene rings is 2. The van der Waals surface area contributed by atoms with Gasteiger partial charge in [0.2, 0.25) is 0 Å². The van der Waals surface area contributed by atoms with E-state index in [0.29, 0.717) is 5.75 Å². The van der Waals surface area contributed by atoms with E-state index in [9.17, 15) is 4.79 Å². The Morgan fingerprint density at radius 3 is 2.65 bits per heavy atom. The lowest BCUT2D eigenvalue weighted by atomic mass is 10.1. The van der Waals surface area contributed by atoms with Gasteiger partial charge in [-0.2, -0.15) is 0 Å². The molecule has 0 aliphatic carbocycles. The summed E-state index contributed by atoms with van der Waals surface area (Å²) in [5.41, 5.74) is 3.05. The maximum absolute atomic E-state index is 12.5. The largest absolute Gasteiger partial charge is 0.480 e. The van der Waals surface area contributed by atoms with Crippen molar-refractivity contribution in [3.8, 4) is 5.75 Å². The maximum atomic E-state index is 12.5. The average Bonchev–Trinajstić information content (AvgIpc) is 2.51. The molecule has 2 rings (SSSR count). The molecule has 1 N–H and O–H groups in total. The molecule has 23 heavy (non-hydrogen) atoms. The quantitative estimate of drug-likeness (QED) is 0.667. The van der Waals surface area contributed by atoms with Gasteiger partial charge in [0.1, 0.15) is 5.75 Å². The number of halogens is 2. The molecule has 0 spiro atoms. The standard InChI is InChI=1S/C18H19Br2NO2/c1-4-13-7-5-6-11(2)17(13)21-18(22)12(3)23-16-9-8-14(19)10-15(16)20/h5-10,12H,4H2,1-3H3,(H,21,22)/t12-/m1/s1. The number of hydrogen-bond donors (Lipinski definition) is 1. The van der Waals surface area contributed by atoms with Crippen LogP contribution in [0.4, 0.5) is 5.69 Å². The smallest absolute Gasteiger partial charge is 0.265 e. The minimum Gasteiger partial charge on any atom is -0.480 e. The predicted octanol–water partition coefficient (Wildman–Crippen LogP) is 5.49. The molecule has 122 valence electrons. The van der Waals surface area contributed by atoms with Crippen LogP contribution >= 0.6 is 31.9 Å². The molecule has 0 aromatic heterocycles. The normalized spacial score (nSPS) is 11.9. The Balaban J connectivity index is 2.12. The lowest BCUT2D eigenvalue weighted by Crippen LogP contribution is -2.30. The van der Waals surface area contributed by atoms with Crippen LogP contribution in [0.1, 0.15) is 25.0 Å². The van der Waals surface area contributed by atoms with Gasteiger partial charge >= 0.3 is 0 Å². The first-order chi connectivity index (χ1) is 10.9. The fourth-order valence-electron chi connectivity index (χ4n) is 2.24. The number of carbonyl (C=O) groups is 1. The molecular weight excluding hydrogens is 422 g/mol. The van der Waals surface area contributed by atoms with Gasteiger partial charge in [-0.1, -0.05) is 41.1 Å². The highest BCUT2D eigenvalue weighted by atomic mass is 79.9. The summed E-state index contributed by atoms with van der Waals surface area (Å²) in [6, 6.07) is 11.6. The minimum absolute atomic E-state index is 0.163. The van der Waals surface area contributed by atoms with E-state index >= 15 is 0 Å². The fourth-order valence-corrected chi connectivity index (χ4v) is 3.38. The van der Waals surface area contributed by atoms with Gasteiger partial charge < -0.3 is 10.1 Å². The number of rotatable bonds is 5. The summed E-state index contributed by atoms with van der Waals surface area (Å²) in [6.07, 6.45) is 0.266. The van der Waals surface area contributed by atoms with Gasteiger partial charge in [0, 0.05) is 10.2 Å².